The van der Waals surface area contributed by atoms with Crippen LogP contribution < -0.4 is 5.73 Å². The average molecular weight is 240 g/mol. The molecule has 1 aliphatic heterocycles. The van der Waals surface area contributed by atoms with Crippen LogP contribution in [0, 0.1) is 11.3 Å². The lowest BCUT2D eigenvalue weighted by Crippen LogP contribution is -2.28. The zero-order valence-corrected chi connectivity index (χ0v) is 12.3. The fourth-order valence-corrected chi connectivity index (χ4v) is 2.88. The summed E-state index contributed by atoms with van der Waals surface area (Å²) in [6.07, 6.45) is 6.59. The van der Waals surface area contributed by atoms with E-state index in [1.807, 2.05) is 0 Å². The summed E-state index contributed by atoms with van der Waals surface area (Å²) in [5.74, 6) is 0.904. The van der Waals surface area contributed by atoms with Crippen LogP contribution in [-0.2, 0) is 0 Å². The Hall–Kier alpha value is -0.0800. The van der Waals surface area contributed by atoms with Crippen molar-refractivity contribution in [1.82, 2.24) is 4.90 Å². The van der Waals surface area contributed by atoms with Gasteiger partial charge in [-0.05, 0) is 70.0 Å². The van der Waals surface area contributed by atoms with Crippen LogP contribution in [-0.4, -0.2) is 30.6 Å². The molecule has 0 aliphatic carbocycles. The third-order valence-electron chi connectivity index (χ3n) is 4.18. The molecule has 2 unspecified atom stereocenters. The van der Waals surface area contributed by atoms with Crippen molar-refractivity contribution in [3.05, 3.63) is 0 Å². The molecule has 1 fully saturated rings. The highest BCUT2D eigenvalue weighted by Crippen LogP contribution is 2.34. The maximum absolute atomic E-state index is 5.80. The quantitative estimate of drug-likeness (QED) is 0.817. The predicted molar refractivity (Wildman–Crippen MR) is 76.1 cm³/mol. The molecule has 1 aliphatic rings. The van der Waals surface area contributed by atoms with Gasteiger partial charge < -0.3 is 10.6 Å². The molecular formula is C15H32N2. The zero-order valence-electron chi connectivity index (χ0n) is 12.3. The Morgan fingerprint density at radius 3 is 2.53 bits per heavy atom. The highest BCUT2D eigenvalue weighted by molar-refractivity contribution is 4.78. The van der Waals surface area contributed by atoms with E-state index in [0.29, 0.717) is 11.5 Å². The van der Waals surface area contributed by atoms with Gasteiger partial charge in [-0.25, -0.2) is 0 Å². The molecule has 1 heterocycles. The summed E-state index contributed by atoms with van der Waals surface area (Å²) in [4.78, 5) is 2.65. The van der Waals surface area contributed by atoms with E-state index in [-0.39, 0.29) is 0 Å². The van der Waals surface area contributed by atoms with Crippen LogP contribution in [0.4, 0.5) is 0 Å². The molecule has 2 heteroatoms. The first-order valence-corrected chi connectivity index (χ1v) is 7.37. The van der Waals surface area contributed by atoms with Crippen LogP contribution in [0.2, 0.25) is 0 Å². The zero-order chi connectivity index (χ0) is 12.9. The van der Waals surface area contributed by atoms with Crippen molar-refractivity contribution in [1.29, 1.82) is 0 Å². The SMILES string of the molecule is CC(N)CCCN1CCCC(C(C)(C)C)CC1. The molecule has 0 bridgehead atoms. The van der Waals surface area contributed by atoms with Gasteiger partial charge in [0.05, 0.1) is 0 Å². The number of hydrogen-bond donors (Lipinski definition) is 1. The van der Waals surface area contributed by atoms with Gasteiger partial charge in [-0.1, -0.05) is 20.8 Å². The molecule has 0 aromatic carbocycles. The number of hydrogen-bond acceptors (Lipinski definition) is 2. The maximum Gasteiger partial charge on any atom is 0.00109 e. The molecule has 0 spiro atoms. The van der Waals surface area contributed by atoms with E-state index in [9.17, 15) is 0 Å². The number of likely N-dealkylation sites (tertiary alicyclic amines) is 1. The molecule has 0 aromatic heterocycles. The molecule has 0 amide bonds. The Balaban J connectivity index is 2.28. The molecule has 2 N–H and O–H groups in total. The molecule has 2 atom stereocenters. The van der Waals surface area contributed by atoms with E-state index in [4.69, 9.17) is 5.73 Å². The van der Waals surface area contributed by atoms with Gasteiger partial charge in [-0.3, -0.25) is 0 Å². The summed E-state index contributed by atoms with van der Waals surface area (Å²) in [6, 6.07) is 0.365. The lowest BCUT2D eigenvalue weighted by atomic mass is 9.77. The minimum Gasteiger partial charge on any atom is -0.328 e. The summed E-state index contributed by atoms with van der Waals surface area (Å²) >= 11 is 0. The topological polar surface area (TPSA) is 29.3 Å². The Bertz CT molecular complexity index is 205. The molecule has 102 valence electrons. The lowest BCUT2D eigenvalue weighted by Gasteiger charge is -2.29. The molecule has 0 aromatic rings. The maximum atomic E-state index is 5.80. The minimum atomic E-state index is 0.365. The summed E-state index contributed by atoms with van der Waals surface area (Å²) < 4.78 is 0. The Morgan fingerprint density at radius 2 is 1.94 bits per heavy atom. The van der Waals surface area contributed by atoms with E-state index in [2.05, 4.69) is 32.6 Å². The van der Waals surface area contributed by atoms with Gasteiger partial charge in [0, 0.05) is 6.04 Å². The fourth-order valence-electron chi connectivity index (χ4n) is 2.88. The van der Waals surface area contributed by atoms with Crippen molar-refractivity contribution in [3.8, 4) is 0 Å². The second-order valence-corrected chi connectivity index (χ2v) is 6.96. The summed E-state index contributed by atoms with van der Waals surface area (Å²) in [5, 5.41) is 0. The van der Waals surface area contributed by atoms with E-state index < -0.39 is 0 Å². The van der Waals surface area contributed by atoms with Crippen molar-refractivity contribution in [3.63, 3.8) is 0 Å². The van der Waals surface area contributed by atoms with Crippen LogP contribution in [0.3, 0.4) is 0 Å². The Kier molecular flexibility index (Phi) is 5.94. The van der Waals surface area contributed by atoms with Crippen LogP contribution in [0.25, 0.3) is 0 Å². The normalized spacial score (nSPS) is 25.6. The molecule has 1 rings (SSSR count). The number of rotatable bonds is 4. The molecule has 1 saturated heterocycles. The Morgan fingerprint density at radius 1 is 1.24 bits per heavy atom. The lowest BCUT2D eigenvalue weighted by molar-refractivity contribution is 0.207. The first kappa shape index (κ1) is 15.0. The smallest absolute Gasteiger partial charge is 0.00109 e. The van der Waals surface area contributed by atoms with Crippen molar-refractivity contribution in [2.75, 3.05) is 19.6 Å². The monoisotopic (exact) mass is 240 g/mol. The van der Waals surface area contributed by atoms with E-state index >= 15 is 0 Å². The molecular weight excluding hydrogens is 208 g/mol. The first-order valence-electron chi connectivity index (χ1n) is 7.37. The van der Waals surface area contributed by atoms with E-state index in [1.54, 1.807) is 0 Å². The van der Waals surface area contributed by atoms with Gasteiger partial charge >= 0.3 is 0 Å². The molecule has 17 heavy (non-hydrogen) atoms. The Labute approximate surface area is 108 Å². The van der Waals surface area contributed by atoms with E-state index in [1.165, 1.54) is 51.7 Å². The highest BCUT2D eigenvalue weighted by Gasteiger charge is 2.26. The minimum absolute atomic E-state index is 0.365. The molecule has 0 radical (unpaired) electrons. The van der Waals surface area contributed by atoms with Crippen LogP contribution in [0.1, 0.15) is 59.8 Å². The van der Waals surface area contributed by atoms with Crippen molar-refractivity contribution < 1.29 is 0 Å². The third kappa shape index (κ3) is 5.87. The standard InChI is InChI=1S/C15H32N2/c1-13(16)7-5-10-17-11-6-8-14(9-12-17)15(2,3)4/h13-14H,5-12,16H2,1-4H3. The van der Waals surface area contributed by atoms with Crippen LogP contribution in [0.5, 0.6) is 0 Å². The van der Waals surface area contributed by atoms with Crippen molar-refractivity contribution in [2.24, 2.45) is 17.1 Å². The summed E-state index contributed by atoms with van der Waals surface area (Å²) in [6.45, 7) is 13.1. The number of nitrogens with two attached hydrogens (primary N) is 1. The van der Waals surface area contributed by atoms with Crippen molar-refractivity contribution >= 4 is 0 Å². The molecule has 0 saturated carbocycles. The summed E-state index contributed by atoms with van der Waals surface area (Å²) in [7, 11) is 0. The highest BCUT2D eigenvalue weighted by atomic mass is 15.1. The fraction of sp³-hybridized carbons (Fsp3) is 1.00. The van der Waals surface area contributed by atoms with Crippen LogP contribution >= 0.6 is 0 Å². The number of nitrogens with zero attached hydrogens (tertiary/aromatic N) is 1. The first-order chi connectivity index (χ1) is 7.89. The van der Waals surface area contributed by atoms with Crippen LogP contribution in [0.15, 0.2) is 0 Å². The molecule has 2 nitrogen and oxygen atoms in total. The van der Waals surface area contributed by atoms with Crippen molar-refractivity contribution in [2.45, 2.75) is 65.8 Å². The second-order valence-electron chi connectivity index (χ2n) is 6.96. The van der Waals surface area contributed by atoms with E-state index in [0.717, 1.165) is 5.92 Å². The van der Waals surface area contributed by atoms with Gasteiger partial charge in [0.2, 0.25) is 0 Å². The van der Waals surface area contributed by atoms with Gasteiger partial charge in [-0.2, -0.15) is 0 Å². The summed E-state index contributed by atoms with van der Waals surface area (Å²) in [5.41, 5.74) is 6.29. The second kappa shape index (κ2) is 6.75. The van der Waals surface area contributed by atoms with Gasteiger partial charge in [0.1, 0.15) is 0 Å². The predicted octanol–water partition coefficient (Wildman–Crippen LogP) is 3.26. The third-order valence-corrected chi connectivity index (χ3v) is 4.18. The largest absolute Gasteiger partial charge is 0.328 e. The average Bonchev–Trinajstić information content (AvgIpc) is 2.41. The van der Waals surface area contributed by atoms with Gasteiger partial charge in [0.15, 0.2) is 0 Å². The van der Waals surface area contributed by atoms with Gasteiger partial charge in [0.25, 0.3) is 0 Å². The van der Waals surface area contributed by atoms with Gasteiger partial charge in [-0.15, -0.1) is 0 Å².